The highest BCUT2D eigenvalue weighted by Crippen LogP contribution is 2.38. The largest absolute Gasteiger partial charge is 0.340 e. The lowest BCUT2D eigenvalue weighted by atomic mass is 10.0. The van der Waals surface area contributed by atoms with E-state index in [0.29, 0.717) is 30.7 Å². The maximum Gasteiger partial charge on any atom is 0.251 e. The van der Waals surface area contributed by atoms with E-state index < -0.39 is 16.1 Å². The number of carbonyl (C=O) groups is 1. The molecule has 1 aliphatic rings. The van der Waals surface area contributed by atoms with Crippen LogP contribution in [0.2, 0.25) is 0 Å². The second kappa shape index (κ2) is 8.62. The molecule has 29 heavy (non-hydrogen) atoms. The second-order valence-corrected chi connectivity index (χ2v) is 9.52. The quantitative estimate of drug-likeness (QED) is 0.668. The molecule has 1 N–H and O–H groups in total. The van der Waals surface area contributed by atoms with Crippen LogP contribution >= 0.6 is 0 Å². The van der Waals surface area contributed by atoms with Crippen molar-refractivity contribution in [1.82, 2.24) is 19.8 Å². The van der Waals surface area contributed by atoms with E-state index in [1.54, 1.807) is 26.0 Å². The number of benzene rings is 1. The Labute approximate surface area is 171 Å². The Bertz CT molecular complexity index is 962. The van der Waals surface area contributed by atoms with Crippen molar-refractivity contribution in [2.45, 2.75) is 57.4 Å². The molecule has 1 aromatic carbocycles. The van der Waals surface area contributed by atoms with Gasteiger partial charge in [-0.2, -0.15) is 9.29 Å². The van der Waals surface area contributed by atoms with Crippen LogP contribution in [0.4, 0.5) is 0 Å². The molecule has 1 aromatic heterocycles. The number of nitrogens with zero attached hydrogens (tertiary/aromatic N) is 3. The summed E-state index contributed by atoms with van der Waals surface area (Å²) in [6.07, 6.45) is 2.12. The zero-order chi connectivity index (χ0) is 21.2. The Balaban J connectivity index is 1.81. The van der Waals surface area contributed by atoms with Gasteiger partial charge in [-0.1, -0.05) is 38.9 Å². The maximum atomic E-state index is 12.9. The number of rotatable bonds is 9. The van der Waals surface area contributed by atoms with Crippen molar-refractivity contribution in [3.63, 3.8) is 0 Å². The number of nitrogens with one attached hydrogen (secondary N) is 1. The molecule has 1 unspecified atom stereocenters. The fourth-order valence-corrected chi connectivity index (χ4v) is 4.63. The zero-order valence-electron chi connectivity index (χ0n) is 17.3. The van der Waals surface area contributed by atoms with E-state index in [2.05, 4.69) is 15.5 Å². The SMILES string of the molecule is CCN(CC)S(=O)(=O)c1cccc(C(=O)NC(c2nc(C3CC3)no2)C(C)C)c1. The summed E-state index contributed by atoms with van der Waals surface area (Å²) >= 11 is 0. The monoisotopic (exact) mass is 420 g/mol. The van der Waals surface area contributed by atoms with Gasteiger partial charge in [0.25, 0.3) is 5.91 Å². The molecule has 1 heterocycles. The summed E-state index contributed by atoms with van der Waals surface area (Å²) in [4.78, 5) is 17.4. The summed E-state index contributed by atoms with van der Waals surface area (Å²) in [6, 6.07) is 5.63. The smallest absolute Gasteiger partial charge is 0.251 e. The third-order valence-electron chi connectivity index (χ3n) is 5.06. The second-order valence-electron chi connectivity index (χ2n) is 7.58. The molecule has 158 valence electrons. The first-order valence-corrected chi connectivity index (χ1v) is 11.5. The lowest BCUT2D eigenvalue weighted by Crippen LogP contribution is -2.33. The van der Waals surface area contributed by atoms with Gasteiger partial charge in [-0.05, 0) is 37.0 Å². The minimum absolute atomic E-state index is 0.0223. The molecule has 1 saturated carbocycles. The Hall–Kier alpha value is -2.26. The number of carbonyl (C=O) groups excluding carboxylic acids is 1. The average molecular weight is 421 g/mol. The summed E-state index contributed by atoms with van der Waals surface area (Å²) < 4.78 is 32.3. The van der Waals surface area contributed by atoms with Gasteiger partial charge in [0.15, 0.2) is 5.82 Å². The van der Waals surface area contributed by atoms with Crippen molar-refractivity contribution < 1.29 is 17.7 Å². The molecule has 1 atom stereocenters. The first-order chi connectivity index (χ1) is 13.8. The summed E-state index contributed by atoms with van der Waals surface area (Å²) in [7, 11) is -3.64. The van der Waals surface area contributed by atoms with Crippen LogP contribution in [-0.2, 0) is 10.0 Å². The Kier molecular flexibility index (Phi) is 6.38. The van der Waals surface area contributed by atoms with Crippen molar-refractivity contribution in [3.8, 4) is 0 Å². The molecule has 0 saturated heterocycles. The van der Waals surface area contributed by atoms with E-state index in [0.717, 1.165) is 12.8 Å². The van der Waals surface area contributed by atoms with Crippen LogP contribution in [0.5, 0.6) is 0 Å². The molecule has 1 fully saturated rings. The number of amides is 1. The molecule has 2 aromatic rings. The summed E-state index contributed by atoms with van der Waals surface area (Å²) in [6.45, 7) is 8.20. The topological polar surface area (TPSA) is 105 Å². The van der Waals surface area contributed by atoms with E-state index in [-0.39, 0.29) is 22.3 Å². The van der Waals surface area contributed by atoms with Gasteiger partial charge in [0.05, 0.1) is 4.90 Å². The first kappa shape index (κ1) is 21.4. The highest BCUT2D eigenvalue weighted by Gasteiger charge is 2.32. The number of sulfonamides is 1. The van der Waals surface area contributed by atoms with E-state index in [9.17, 15) is 13.2 Å². The van der Waals surface area contributed by atoms with Gasteiger partial charge in [0.1, 0.15) is 6.04 Å². The highest BCUT2D eigenvalue weighted by molar-refractivity contribution is 7.89. The predicted octanol–water partition coefficient (Wildman–Crippen LogP) is 3.10. The average Bonchev–Trinajstić information content (AvgIpc) is 3.44. The van der Waals surface area contributed by atoms with Gasteiger partial charge < -0.3 is 9.84 Å². The lowest BCUT2D eigenvalue weighted by molar-refractivity contribution is 0.0913. The van der Waals surface area contributed by atoms with Crippen molar-refractivity contribution in [2.75, 3.05) is 13.1 Å². The van der Waals surface area contributed by atoms with Gasteiger partial charge in [-0.25, -0.2) is 8.42 Å². The molecular weight excluding hydrogens is 392 g/mol. The van der Waals surface area contributed by atoms with Crippen molar-refractivity contribution in [2.24, 2.45) is 5.92 Å². The van der Waals surface area contributed by atoms with E-state index in [1.807, 2.05) is 13.8 Å². The minimum Gasteiger partial charge on any atom is -0.340 e. The van der Waals surface area contributed by atoms with Crippen molar-refractivity contribution in [3.05, 3.63) is 41.5 Å². The fraction of sp³-hybridized carbons (Fsp3) is 0.550. The standard InChI is InChI=1S/C20H28N4O4S/c1-5-24(6-2)29(26,27)16-9-7-8-15(12-16)19(25)21-17(13(3)4)20-22-18(23-28-20)14-10-11-14/h7-9,12-14,17H,5-6,10-11H2,1-4H3,(H,21,25). The molecule has 0 aliphatic heterocycles. The van der Waals surface area contributed by atoms with E-state index in [1.165, 1.54) is 16.4 Å². The van der Waals surface area contributed by atoms with Gasteiger partial charge in [0, 0.05) is 24.6 Å². The number of hydrogen-bond donors (Lipinski definition) is 1. The third-order valence-corrected chi connectivity index (χ3v) is 7.10. The fourth-order valence-electron chi connectivity index (χ4n) is 3.13. The summed E-state index contributed by atoms with van der Waals surface area (Å²) in [5, 5.41) is 6.94. The normalized spacial score (nSPS) is 15.7. The molecule has 1 aliphatic carbocycles. The zero-order valence-corrected chi connectivity index (χ0v) is 18.1. The van der Waals surface area contributed by atoms with Gasteiger partial charge in [0.2, 0.25) is 15.9 Å². The molecule has 8 nitrogen and oxygen atoms in total. The van der Waals surface area contributed by atoms with E-state index >= 15 is 0 Å². The van der Waals surface area contributed by atoms with Crippen LogP contribution < -0.4 is 5.32 Å². The molecule has 9 heteroatoms. The predicted molar refractivity (Wildman–Crippen MR) is 108 cm³/mol. The lowest BCUT2D eigenvalue weighted by Gasteiger charge is -2.20. The van der Waals surface area contributed by atoms with E-state index in [4.69, 9.17) is 4.52 Å². The van der Waals surface area contributed by atoms with Crippen LogP contribution in [-0.4, -0.2) is 41.9 Å². The maximum absolute atomic E-state index is 12.9. The molecule has 3 rings (SSSR count). The molecule has 0 spiro atoms. The molecular formula is C20H28N4O4S. The van der Waals surface area contributed by atoms with Crippen LogP contribution in [0.25, 0.3) is 0 Å². The van der Waals surface area contributed by atoms with Crippen LogP contribution in [0.1, 0.15) is 74.6 Å². The molecule has 0 radical (unpaired) electrons. The van der Waals surface area contributed by atoms with Crippen molar-refractivity contribution in [1.29, 1.82) is 0 Å². The molecule has 0 bridgehead atoms. The Morgan fingerprint density at radius 3 is 2.55 bits per heavy atom. The Morgan fingerprint density at radius 2 is 1.97 bits per heavy atom. The van der Waals surface area contributed by atoms with Gasteiger partial charge in [-0.3, -0.25) is 4.79 Å². The Morgan fingerprint density at radius 1 is 1.28 bits per heavy atom. The van der Waals surface area contributed by atoms with Crippen LogP contribution in [0, 0.1) is 5.92 Å². The summed E-state index contributed by atoms with van der Waals surface area (Å²) in [5.74, 6) is 1.06. The number of hydrogen-bond acceptors (Lipinski definition) is 6. The third kappa shape index (κ3) is 4.67. The molecule has 1 amide bonds. The van der Waals surface area contributed by atoms with Crippen LogP contribution in [0.3, 0.4) is 0 Å². The first-order valence-electron chi connectivity index (χ1n) is 10.0. The number of aromatic nitrogens is 2. The van der Waals surface area contributed by atoms with Gasteiger partial charge >= 0.3 is 0 Å². The summed E-state index contributed by atoms with van der Waals surface area (Å²) in [5.41, 5.74) is 0.269. The highest BCUT2D eigenvalue weighted by atomic mass is 32.2. The van der Waals surface area contributed by atoms with Crippen molar-refractivity contribution >= 4 is 15.9 Å². The van der Waals surface area contributed by atoms with Crippen LogP contribution in [0.15, 0.2) is 33.7 Å². The van der Waals surface area contributed by atoms with Gasteiger partial charge in [-0.15, -0.1) is 0 Å². The minimum atomic E-state index is -3.64.